The number of hydrogen-bond acceptors (Lipinski definition) is 8. The Morgan fingerprint density at radius 2 is 1.86 bits per heavy atom. The maximum atomic E-state index is 12.7. The Morgan fingerprint density at radius 3 is 2.41 bits per heavy atom. The predicted molar refractivity (Wildman–Crippen MR) is 103 cm³/mol. The highest BCUT2D eigenvalue weighted by atomic mass is 16.6. The summed E-state index contributed by atoms with van der Waals surface area (Å²) in [5.74, 6) is -2.02. The lowest BCUT2D eigenvalue weighted by Crippen LogP contribution is -2.25. The molecule has 10 nitrogen and oxygen atoms in total. The number of nitro groups is 1. The van der Waals surface area contributed by atoms with E-state index in [1.54, 1.807) is 13.8 Å². The topological polar surface area (TPSA) is 141 Å². The van der Waals surface area contributed by atoms with E-state index in [2.05, 4.69) is 10.3 Å². The fraction of sp³-hybridized carbons (Fsp3) is 0.316. The molecular weight excluding hydrogens is 382 g/mol. The molecule has 0 aliphatic rings. The number of methoxy groups -OCH3 is 1. The number of benzene rings is 1. The Bertz CT molecular complexity index is 994. The van der Waals surface area contributed by atoms with Crippen molar-refractivity contribution in [1.82, 2.24) is 4.98 Å². The molecule has 2 rings (SSSR count). The highest BCUT2D eigenvalue weighted by Gasteiger charge is 2.28. The molecule has 10 heteroatoms. The number of nitrogens with zero attached hydrogens (tertiary/aromatic N) is 1. The van der Waals surface area contributed by atoms with Crippen LogP contribution in [0.4, 0.5) is 11.4 Å². The van der Waals surface area contributed by atoms with E-state index in [9.17, 15) is 24.5 Å². The standard InChI is InChI=1S/C19H21N3O7/c1-9-15(19(25)28-5)10(2)21-16(9)17(23)11(3)29-18(24)12-6-7-13(20-4)14(8-12)22(26)27/h6-8,11,20-21H,1-5H3/t11-/m0/s1. The molecule has 1 heterocycles. The van der Waals surface area contributed by atoms with E-state index in [0.717, 1.165) is 6.07 Å². The van der Waals surface area contributed by atoms with Gasteiger partial charge in [0.1, 0.15) is 5.69 Å². The van der Waals surface area contributed by atoms with Crippen LogP contribution in [0, 0.1) is 24.0 Å². The minimum Gasteiger partial charge on any atom is -0.465 e. The van der Waals surface area contributed by atoms with Crippen LogP contribution in [0.3, 0.4) is 0 Å². The van der Waals surface area contributed by atoms with Crippen LogP contribution in [-0.2, 0) is 9.47 Å². The molecule has 0 radical (unpaired) electrons. The molecule has 1 aromatic heterocycles. The summed E-state index contributed by atoms with van der Waals surface area (Å²) >= 11 is 0. The van der Waals surface area contributed by atoms with E-state index in [0.29, 0.717) is 11.3 Å². The number of ether oxygens (including phenoxy) is 2. The zero-order valence-electron chi connectivity index (χ0n) is 16.6. The van der Waals surface area contributed by atoms with Crippen molar-refractivity contribution in [2.24, 2.45) is 0 Å². The number of carbonyl (C=O) groups is 3. The number of nitrogens with one attached hydrogen (secondary N) is 2. The molecule has 0 unspecified atom stereocenters. The zero-order valence-corrected chi connectivity index (χ0v) is 16.6. The monoisotopic (exact) mass is 403 g/mol. The van der Waals surface area contributed by atoms with Crippen LogP contribution >= 0.6 is 0 Å². The van der Waals surface area contributed by atoms with E-state index in [1.165, 1.54) is 33.2 Å². The summed E-state index contributed by atoms with van der Waals surface area (Å²) in [4.78, 5) is 50.3. The normalized spacial score (nSPS) is 11.5. The molecule has 154 valence electrons. The molecule has 0 aliphatic heterocycles. The number of aryl methyl sites for hydroxylation is 1. The van der Waals surface area contributed by atoms with Gasteiger partial charge in [-0.3, -0.25) is 14.9 Å². The molecule has 2 aromatic rings. The highest BCUT2D eigenvalue weighted by molar-refractivity contribution is 6.04. The molecule has 0 aliphatic carbocycles. The van der Waals surface area contributed by atoms with Crippen LogP contribution in [0.1, 0.15) is 49.4 Å². The number of carbonyl (C=O) groups excluding carboxylic acids is 3. The largest absolute Gasteiger partial charge is 0.465 e. The van der Waals surface area contributed by atoms with Gasteiger partial charge in [-0.1, -0.05) is 0 Å². The van der Waals surface area contributed by atoms with Crippen LogP contribution in [-0.4, -0.2) is 47.9 Å². The molecule has 0 amide bonds. The molecule has 29 heavy (non-hydrogen) atoms. The van der Waals surface area contributed by atoms with E-state index in [-0.39, 0.29) is 28.2 Å². The lowest BCUT2D eigenvalue weighted by atomic mass is 10.1. The third kappa shape index (κ3) is 4.26. The molecule has 2 N–H and O–H groups in total. The smallest absolute Gasteiger partial charge is 0.339 e. The molecular formula is C19H21N3O7. The van der Waals surface area contributed by atoms with Crippen molar-refractivity contribution in [1.29, 1.82) is 0 Å². The molecule has 0 spiro atoms. The van der Waals surface area contributed by atoms with Crippen LogP contribution in [0.5, 0.6) is 0 Å². The van der Waals surface area contributed by atoms with Gasteiger partial charge >= 0.3 is 11.9 Å². The van der Waals surface area contributed by atoms with Crippen molar-refractivity contribution in [3.05, 3.63) is 56.4 Å². The lowest BCUT2D eigenvalue weighted by molar-refractivity contribution is -0.384. The first-order valence-corrected chi connectivity index (χ1v) is 8.61. The first-order valence-electron chi connectivity index (χ1n) is 8.61. The summed E-state index contributed by atoms with van der Waals surface area (Å²) in [6, 6.07) is 3.81. The van der Waals surface area contributed by atoms with Crippen LogP contribution in [0.25, 0.3) is 0 Å². The average molecular weight is 403 g/mol. The molecule has 0 saturated heterocycles. The molecule has 0 bridgehead atoms. The Morgan fingerprint density at radius 1 is 1.21 bits per heavy atom. The van der Waals surface area contributed by atoms with Crippen molar-refractivity contribution in [3.8, 4) is 0 Å². The number of aromatic nitrogens is 1. The summed E-state index contributed by atoms with van der Waals surface area (Å²) < 4.78 is 9.89. The number of Topliss-reactive ketones (excluding diaryl/α,β-unsaturated/α-hetero) is 1. The minimum absolute atomic E-state index is 0.0648. The van der Waals surface area contributed by atoms with Crippen molar-refractivity contribution in [3.63, 3.8) is 0 Å². The van der Waals surface area contributed by atoms with Gasteiger partial charge in [-0.2, -0.15) is 0 Å². The Kier molecular flexibility index (Phi) is 6.37. The second kappa shape index (κ2) is 8.55. The van der Waals surface area contributed by atoms with E-state index < -0.39 is 28.7 Å². The highest BCUT2D eigenvalue weighted by Crippen LogP contribution is 2.26. The van der Waals surface area contributed by atoms with E-state index in [1.807, 2.05) is 0 Å². The van der Waals surface area contributed by atoms with Gasteiger partial charge in [0.2, 0.25) is 5.78 Å². The Labute approximate surface area is 166 Å². The fourth-order valence-electron chi connectivity index (χ4n) is 2.91. The fourth-order valence-corrected chi connectivity index (χ4v) is 2.91. The van der Waals surface area contributed by atoms with Crippen LogP contribution in [0.15, 0.2) is 18.2 Å². The van der Waals surface area contributed by atoms with Gasteiger partial charge in [-0.25, -0.2) is 9.59 Å². The first kappa shape index (κ1) is 21.6. The van der Waals surface area contributed by atoms with Gasteiger partial charge in [-0.15, -0.1) is 0 Å². The third-order valence-corrected chi connectivity index (χ3v) is 4.43. The van der Waals surface area contributed by atoms with E-state index >= 15 is 0 Å². The number of H-pyrrole nitrogens is 1. The second-order valence-electron chi connectivity index (χ2n) is 6.27. The SMILES string of the molecule is CNc1ccc(C(=O)O[C@@H](C)C(=O)c2[nH]c(C)c(C(=O)OC)c2C)cc1[N+](=O)[O-]. The average Bonchev–Trinajstić information content (AvgIpc) is 2.99. The van der Waals surface area contributed by atoms with Gasteiger partial charge in [0.05, 0.1) is 28.9 Å². The number of rotatable bonds is 7. The number of esters is 2. The summed E-state index contributed by atoms with van der Waals surface area (Å²) in [6.45, 7) is 4.58. The van der Waals surface area contributed by atoms with Gasteiger partial charge < -0.3 is 19.8 Å². The molecule has 1 aromatic carbocycles. The van der Waals surface area contributed by atoms with Gasteiger partial charge in [0.25, 0.3) is 5.69 Å². The number of hydrogen-bond donors (Lipinski definition) is 2. The number of anilines is 1. The maximum absolute atomic E-state index is 12.7. The van der Waals surface area contributed by atoms with Crippen molar-refractivity contribution >= 4 is 29.1 Å². The van der Waals surface area contributed by atoms with Gasteiger partial charge in [0, 0.05) is 18.8 Å². The van der Waals surface area contributed by atoms with Crippen molar-refractivity contribution in [2.75, 3.05) is 19.5 Å². The first-order chi connectivity index (χ1) is 13.6. The van der Waals surface area contributed by atoms with Gasteiger partial charge in [0.15, 0.2) is 6.10 Å². The van der Waals surface area contributed by atoms with Crippen molar-refractivity contribution in [2.45, 2.75) is 26.9 Å². The van der Waals surface area contributed by atoms with E-state index in [4.69, 9.17) is 9.47 Å². The zero-order chi connectivity index (χ0) is 21.9. The molecule has 0 fully saturated rings. The quantitative estimate of drug-likeness (QED) is 0.311. The summed E-state index contributed by atoms with van der Waals surface area (Å²) in [5.41, 5.74) is 1.09. The van der Waals surface area contributed by atoms with Crippen LogP contribution < -0.4 is 5.32 Å². The Balaban J connectivity index is 2.24. The summed E-state index contributed by atoms with van der Waals surface area (Å²) in [6.07, 6.45) is -1.19. The predicted octanol–water partition coefficient (Wildman–Crippen LogP) is 2.80. The minimum atomic E-state index is -1.19. The van der Waals surface area contributed by atoms with Crippen LogP contribution in [0.2, 0.25) is 0 Å². The summed E-state index contributed by atoms with van der Waals surface area (Å²) in [7, 11) is 2.75. The second-order valence-corrected chi connectivity index (χ2v) is 6.27. The third-order valence-electron chi connectivity index (χ3n) is 4.43. The molecule has 0 saturated carbocycles. The number of aromatic amines is 1. The number of nitro benzene ring substituents is 1. The molecule has 1 atom stereocenters. The Hall–Kier alpha value is -3.69. The lowest BCUT2D eigenvalue weighted by Gasteiger charge is -2.12. The maximum Gasteiger partial charge on any atom is 0.339 e. The summed E-state index contributed by atoms with van der Waals surface area (Å²) in [5, 5.41) is 13.8. The van der Waals surface area contributed by atoms with Gasteiger partial charge in [-0.05, 0) is 38.5 Å². The number of ketones is 1. The van der Waals surface area contributed by atoms with Crippen molar-refractivity contribution < 1.29 is 28.8 Å².